The number of aliphatic hydroxyl groups is 17. The highest BCUT2D eigenvalue weighted by Crippen LogP contribution is 2.41. The molecule has 23 N–H and O–H groups in total. The monoisotopic (exact) mass is 1220 g/mol. The van der Waals surface area contributed by atoms with Gasteiger partial charge in [0.05, 0.1) is 69.5 Å². The molecule has 0 saturated carbocycles. The van der Waals surface area contributed by atoms with Crippen LogP contribution in [0, 0.1) is 0 Å². The number of hydrogen-bond acceptors (Lipinski definition) is 32. The molecular formula is C45H73N3O35. The molecule has 5 aliphatic heterocycles. The molecule has 38 nitrogen and oxygen atoms in total. The number of carbonyl (C=O) groups excluding carboxylic acids is 3. The van der Waals surface area contributed by atoms with Crippen molar-refractivity contribution in [2.24, 2.45) is 0 Å². The second-order valence-electron chi connectivity index (χ2n) is 20.5. The van der Waals surface area contributed by atoms with Crippen LogP contribution >= 0.6 is 0 Å². The van der Waals surface area contributed by atoms with E-state index in [1.807, 2.05) is 0 Å². The maximum Gasteiger partial charge on any atom is 0.364 e. The van der Waals surface area contributed by atoms with E-state index in [0.717, 1.165) is 20.8 Å². The molecule has 0 unspecified atom stereocenters. The van der Waals surface area contributed by atoms with Gasteiger partial charge in [0.25, 0.3) is 17.4 Å². The van der Waals surface area contributed by atoms with E-state index in [4.69, 9.17) is 42.6 Å². The van der Waals surface area contributed by atoms with Gasteiger partial charge < -0.3 is 161 Å². The van der Waals surface area contributed by atoms with Gasteiger partial charge in [-0.1, -0.05) is 0 Å². The van der Waals surface area contributed by atoms with Crippen molar-refractivity contribution >= 4 is 35.6 Å². The Labute approximate surface area is 467 Å². The minimum Gasteiger partial charge on any atom is -0.477 e. The average molecular weight is 1220 g/mol. The Kier molecular flexibility index (Phi) is 23.9. The molecule has 83 heavy (non-hydrogen) atoms. The molecular weight excluding hydrogens is 1140 g/mol. The van der Waals surface area contributed by atoms with Crippen molar-refractivity contribution in [2.75, 3.05) is 33.0 Å². The zero-order valence-electron chi connectivity index (χ0n) is 44.2. The number of carboxylic acid groups (broad SMARTS) is 3. The van der Waals surface area contributed by atoms with Crippen LogP contribution in [0.3, 0.4) is 0 Å². The lowest BCUT2D eigenvalue weighted by atomic mass is 9.87. The molecule has 0 aromatic heterocycles. The van der Waals surface area contributed by atoms with Gasteiger partial charge in [0.15, 0.2) is 12.6 Å². The molecule has 0 aliphatic carbocycles. The zero-order valence-corrected chi connectivity index (χ0v) is 44.2. The third-order valence-corrected chi connectivity index (χ3v) is 14.5. The van der Waals surface area contributed by atoms with Crippen LogP contribution in [0.25, 0.3) is 0 Å². The Morgan fingerprint density at radius 1 is 0.518 bits per heavy atom. The Morgan fingerprint density at radius 2 is 0.928 bits per heavy atom. The van der Waals surface area contributed by atoms with Crippen LogP contribution in [-0.4, -0.2) is 341 Å². The first-order valence-corrected chi connectivity index (χ1v) is 25.5. The fourth-order valence-corrected chi connectivity index (χ4v) is 10.2. The molecule has 28 atom stereocenters. The normalized spacial score (nSPS) is 41.7. The maximum absolute atomic E-state index is 13.4. The number of carboxylic acids is 3. The second-order valence-corrected chi connectivity index (χ2v) is 20.5. The first kappa shape index (κ1) is 69.6. The van der Waals surface area contributed by atoms with Crippen LogP contribution in [0.1, 0.15) is 40.0 Å². The second kappa shape index (κ2) is 28.5. The number of amides is 3. The molecule has 0 spiro atoms. The first-order chi connectivity index (χ1) is 38.7. The Bertz CT molecular complexity index is 2230. The van der Waals surface area contributed by atoms with Gasteiger partial charge in [-0.3, -0.25) is 14.4 Å². The fourth-order valence-electron chi connectivity index (χ4n) is 10.2. The van der Waals surface area contributed by atoms with Gasteiger partial charge in [-0.2, -0.15) is 0 Å². The molecule has 5 aliphatic rings. The van der Waals surface area contributed by atoms with Crippen LogP contribution in [0.4, 0.5) is 0 Å². The van der Waals surface area contributed by atoms with E-state index < -0.39 is 258 Å². The van der Waals surface area contributed by atoms with E-state index in [-0.39, 0.29) is 0 Å². The summed E-state index contributed by atoms with van der Waals surface area (Å²) in [4.78, 5) is 75.7. The predicted octanol–water partition coefficient (Wildman–Crippen LogP) is -13.9. The van der Waals surface area contributed by atoms with Crippen LogP contribution in [0.5, 0.6) is 0 Å². The van der Waals surface area contributed by atoms with Gasteiger partial charge in [-0.05, 0) is 0 Å². The summed E-state index contributed by atoms with van der Waals surface area (Å²) in [5.74, 6) is -19.0. The molecule has 5 rings (SSSR count). The summed E-state index contributed by atoms with van der Waals surface area (Å²) in [6, 6.07) is -5.37. The summed E-state index contributed by atoms with van der Waals surface area (Å²) in [6.07, 6.45) is -53.8. The summed E-state index contributed by atoms with van der Waals surface area (Å²) in [5.41, 5.74) is 0. The van der Waals surface area contributed by atoms with Crippen molar-refractivity contribution in [1.29, 1.82) is 0 Å². The minimum absolute atomic E-state index is 0.826. The van der Waals surface area contributed by atoms with Crippen LogP contribution in [-0.2, 0) is 71.4 Å². The van der Waals surface area contributed by atoms with Gasteiger partial charge in [-0.15, -0.1) is 0 Å². The van der Waals surface area contributed by atoms with Crippen molar-refractivity contribution < 1.29 is 174 Å². The summed E-state index contributed by atoms with van der Waals surface area (Å²) in [5, 5.41) is 222. The minimum atomic E-state index is -3.49. The van der Waals surface area contributed by atoms with Gasteiger partial charge >= 0.3 is 17.9 Å². The molecule has 5 heterocycles. The third kappa shape index (κ3) is 15.1. The number of aliphatic carboxylic acids is 3. The van der Waals surface area contributed by atoms with Gasteiger partial charge in [0.1, 0.15) is 104 Å². The van der Waals surface area contributed by atoms with E-state index in [0.29, 0.717) is 0 Å². The molecule has 0 aromatic carbocycles. The highest BCUT2D eigenvalue weighted by atomic mass is 16.8. The number of nitrogens with one attached hydrogen (secondary N) is 3. The molecule has 478 valence electrons. The molecule has 0 radical (unpaired) electrons. The lowest BCUT2D eigenvalue weighted by Gasteiger charge is -2.51. The van der Waals surface area contributed by atoms with Gasteiger partial charge in [0, 0.05) is 40.0 Å². The van der Waals surface area contributed by atoms with E-state index in [9.17, 15) is 131 Å². The number of aliphatic hydroxyl groups excluding tert-OH is 17. The standard InChI is InChI=1S/C45H73N3O35/c1-12(53)46-23-15(56)4-43(40(69)70,80-33(23)26(61)18(59)7-49)75-11-22-30(65)36(31(66)38(68)76-22)78-39-32(67)37(28(63)20(9-51)77-39)83-45(42(73)74)6-17(58)25(48-14(3)55)35(82-45)29(64)21(10-52)79-44(41(71)72)5-16(57)24(47-13(2)54)34(81-44)27(62)19(60)8-50/h15-39,49-52,56-68H,4-11H2,1-3H3,(H,46,53)(H,47,54)(H,48,55)(H,69,70)(H,71,72)(H,73,74)/t15-,16-,17-,18+,19+,20+,21+,22+,23+,24+,25+,26+,27+,28-,29+,30-,31+,32+,33+,34+,35+,36-,37-,38-,39-,43+,44+,45-/m0/s1. The zero-order chi connectivity index (χ0) is 62.5. The Morgan fingerprint density at radius 3 is 1.35 bits per heavy atom. The number of carbonyl (C=O) groups is 6. The lowest BCUT2D eigenvalue weighted by molar-refractivity contribution is -0.389. The Balaban J connectivity index is 1.44. The van der Waals surface area contributed by atoms with Crippen LogP contribution < -0.4 is 16.0 Å². The molecule has 0 bridgehead atoms. The summed E-state index contributed by atoms with van der Waals surface area (Å²) < 4.78 is 49.9. The van der Waals surface area contributed by atoms with Crippen molar-refractivity contribution in [2.45, 2.75) is 210 Å². The van der Waals surface area contributed by atoms with E-state index in [1.165, 1.54) is 0 Å². The predicted molar refractivity (Wildman–Crippen MR) is 253 cm³/mol. The fraction of sp³-hybridized carbons (Fsp3) is 0.867. The smallest absolute Gasteiger partial charge is 0.364 e. The van der Waals surface area contributed by atoms with E-state index in [1.54, 1.807) is 0 Å². The SMILES string of the molecule is CC(=O)N[C@H]1[C@H]([C@H](O)[C@H](O)CO)O[C@@](O[C@H](CO)[C@@H](O)[C@@H]2O[C@@](O[C@H]3[C@@H](O)[C@@H](CO)O[C@@H](O[C@@H]4[C@@H](O)[C@@H](O)O[C@H](CO[C@]5(C(=O)O)C[C@H](O)[C@@H](NC(C)=O)[C@H]([C@H](O)[C@H](O)CO)O5)[C@@H]4O)[C@@H]3O)(C(=O)O)C[C@H](O)[C@H]2NC(C)=O)(C(=O)O)C[C@@H]1O. The molecule has 5 fully saturated rings. The highest BCUT2D eigenvalue weighted by Gasteiger charge is 2.63. The number of hydrogen-bond donors (Lipinski definition) is 23. The summed E-state index contributed by atoms with van der Waals surface area (Å²) in [6.45, 7) is -3.50. The van der Waals surface area contributed by atoms with Crippen molar-refractivity contribution in [3.63, 3.8) is 0 Å². The van der Waals surface area contributed by atoms with E-state index >= 15 is 0 Å². The molecule has 5 saturated heterocycles. The number of rotatable bonds is 25. The van der Waals surface area contributed by atoms with Crippen molar-refractivity contribution in [3.05, 3.63) is 0 Å². The Hall–Kier alpha value is -4.22. The topological polar surface area (TPSA) is 626 Å². The van der Waals surface area contributed by atoms with Gasteiger partial charge in [-0.25, -0.2) is 14.4 Å². The van der Waals surface area contributed by atoms with Crippen molar-refractivity contribution in [3.8, 4) is 0 Å². The molecule has 38 heteroatoms. The third-order valence-electron chi connectivity index (χ3n) is 14.5. The maximum atomic E-state index is 13.4. The van der Waals surface area contributed by atoms with E-state index in [2.05, 4.69) is 16.0 Å². The molecule has 3 amide bonds. The highest BCUT2D eigenvalue weighted by molar-refractivity contribution is 5.78. The lowest BCUT2D eigenvalue weighted by Crippen LogP contribution is -2.72. The van der Waals surface area contributed by atoms with Gasteiger partial charge in [0.2, 0.25) is 17.7 Å². The summed E-state index contributed by atoms with van der Waals surface area (Å²) in [7, 11) is 0. The molecule has 0 aromatic rings. The van der Waals surface area contributed by atoms with Crippen molar-refractivity contribution in [1.82, 2.24) is 16.0 Å². The average Bonchev–Trinajstić information content (AvgIpc) is 3.54. The first-order valence-electron chi connectivity index (χ1n) is 25.5. The van der Waals surface area contributed by atoms with Crippen LogP contribution in [0.15, 0.2) is 0 Å². The summed E-state index contributed by atoms with van der Waals surface area (Å²) >= 11 is 0. The largest absolute Gasteiger partial charge is 0.477 e. The quantitative estimate of drug-likeness (QED) is 0.0404. The number of ether oxygens (including phenoxy) is 9. The van der Waals surface area contributed by atoms with Crippen LogP contribution in [0.2, 0.25) is 0 Å².